The predicted octanol–water partition coefficient (Wildman–Crippen LogP) is 3.47. The highest BCUT2D eigenvalue weighted by Gasteiger charge is 2.30. The number of aliphatic hydroxyl groups excluding tert-OH is 1. The van der Waals surface area contributed by atoms with Crippen molar-refractivity contribution in [2.24, 2.45) is 5.92 Å². The third-order valence-electron chi connectivity index (χ3n) is 3.93. The zero-order valence-electron chi connectivity index (χ0n) is 13.4. The van der Waals surface area contributed by atoms with Crippen LogP contribution in [0.15, 0.2) is 45.3 Å². The van der Waals surface area contributed by atoms with Crippen LogP contribution < -0.4 is 4.72 Å². The monoisotopic (exact) mass is 389 g/mol. The average molecular weight is 390 g/mol. The second-order valence-electron chi connectivity index (χ2n) is 5.46. The Morgan fingerprint density at radius 2 is 1.91 bits per heavy atom. The molecule has 1 aromatic carbocycles. The van der Waals surface area contributed by atoms with Crippen molar-refractivity contribution < 1.29 is 13.5 Å². The van der Waals surface area contributed by atoms with E-state index in [4.69, 9.17) is 0 Å². The van der Waals surface area contributed by atoms with E-state index in [-0.39, 0.29) is 10.8 Å². The van der Waals surface area contributed by atoms with Crippen molar-refractivity contribution in [3.05, 3.63) is 40.4 Å². The van der Waals surface area contributed by atoms with Gasteiger partial charge in [0.25, 0.3) is 0 Å². The van der Waals surface area contributed by atoms with Gasteiger partial charge in [0.15, 0.2) is 0 Å². The molecule has 0 aliphatic heterocycles. The molecule has 1 rings (SSSR count). The number of hydrogen-bond acceptors (Lipinski definition) is 3. The van der Waals surface area contributed by atoms with Crippen molar-refractivity contribution in [2.75, 3.05) is 0 Å². The van der Waals surface area contributed by atoms with Crippen molar-refractivity contribution in [3.63, 3.8) is 0 Å². The quantitative estimate of drug-likeness (QED) is 0.701. The summed E-state index contributed by atoms with van der Waals surface area (Å²) in [6, 6.07) is 5.88. The Bertz CT molecular complexity index is 611. The molecule has 2 N–H and O–H groups in total. The molecule has 0 aromatic heterocycles. The molecule has 124 valence electrons. The third-order valence-corrected chi connectivity index (χ3v) is 5.94. The molecule has 0 amide bonds. The van der Waals surface area contributed by atoms with Crippen molar-refractivity contribution in [1.82, 2.24) is 4.72 Å². The molecule has 0 spiro atoms. The van der Waals surface area contributed by atoms with Crippen LogP contribution in [0, 0.1) is 5.92 Å². The van der Waals surface area contributed by atoms with Crippen LogP contribution in [0.1, 0.15) is 34.1 Å². The van der Waals surface area contributed by atoms with Gasteiger partial charge in [-0.15, -0.1) is 0 Å². The molecule has 0 aliphatic carbocycles. The van der Waals surface area contributed by atoms with Gasteiger partial charge in [0.2, 0.25) is 10.0 Å². The summed E-state index contributed by atoms with van der Waals surface area (Å²) in [7, 11) is -3.68. The lowest BCUT2D eigenvalue weighted by Gasteiger charge is -2.29. The van der Waals surface area contributed by atoms with E-state index in [1.807, 2.05) is 20.8 Å². The predicted molar refractivity (Wildman–Crippen MR) is 93.1 cm³/mol. The molecule has 0 bridgehead atoms. The normalized spacial score (nSPS) is 17.1. The van der Waals surface area contributed by atoms with Gasteiger partial charge in [-0.1, -0.05) is 42.3 Å². The SMILES string of the molecule is CC=C(C)C(O)C(NS(=O)(=O)c1ccc(Br)cc1)[C@@H](C)CC. The lowest BCUT2D eigenvalue weighted by molar-refractivity contribution is 0.142. The summed E-state index contributed by atoms with van der Waals surface area (Å²) in [5, 5.41) is 10.4. The molecule has 0 fully saturated rings. The topological polar surface area (TPSA) is 66.4 Å². The first-order valence-corrected chi connectivity index (χ1v) is 9.59. The fourth-order valence-electron chi connectivity index (χ4n) is 2.06. The van der Waals surface area contributed by atoms with Crippen molar-refractivity contribution >= 4 is 26.0 Å². The van der Waals surface area contributed by atoms with Crippen molar-refractivity contribution in [3.8, 4) is 0 Å². The van der Waals surface area contributed by atoms with E-state index in [2.05, 4.69) is 20.7 Å². The Morgan fingerprint density at radius 3 is 2.36 bits per heavy atom. The molecular weight excluding hydrogens is 366 g/mol. The van der Waals surface area contributed by atoms with Crippen molar-refractivity contribution in [2.45, 2.75) is 51.2 Å². The maximum absolute atomic E-state index is 12.5. The summed E-state index contributed by atoms with van der Waals surface area (Å²) in [6.07, 6.45) is 1.72. The Kier molecular flexibility index (Phi) is 7.25. The number of benzene rings is 1. The van der Waals surface area contributed by atoms with Crippen LogP contribution in [0.2, 0.25) is 0 Å². The average Bonchev–Trinajstić information content (AvgIpc) is 2.50. The number of aliphatic hydroxyl groups is 1. The zero-order chi connectivity index (χ0) is 16.9. The lowest BCUT2D eigenvalue weighted by Crippen LogP contribution is -2.47. The smallest absolute Gasteiger partial charge is 0.240 e. The molecule has 6 heteroatoms. The van der Waals surface area contributed by atoms with Gasteiger partial charge in [0, 0.05) is 4.47 Å². The fourth-order valence-corrected chi connectivity index (χ4v) is 3.67. The summed E-state index contributed by atoms with van der Waals surface area (Å²) in [5.41, 5.74) is 0.754. The van der Waals surface area contributed by atoms with Gasteiger partial charge in [-0.3, -0.25) is 0 Å². The summed E-state index contributed by atoms with van der Waals surface area (Å²) in [4.78, 5) is 0.189. The standard InChI is InChI=1S/C16H24BrNO3S/c1-5-11(3)15(16(19)12(4)6-2)18-22(20,21)14-9-7-13(17)8-10-14/h6-11,15-16,18-19H,5H2,1-4H3/t11-,15?,16?/m0/s1. The Morgan fingerprint density at radius 1 is 1.36 bits per heavy atom. The van der Waals surface area contributed by atoms with Gasteiger partial charge in [-0.2, -0.15) is 0 Å². The van der Waals surface area contributed by atoms with Gasteiger partial charge in [0.05, 0.1) is 17.0 Å². The molecule has 0 saturated carbocycles. The summed E-state index contributed by atoms with van der Waals surface area (Å²) < 4.78 is 28.5. The largest absolute Gasteiger partial charge is 0.387 e. The summed E-state index contributed by atoms with van der Waals surface area (Å²) >= 11 is 3.29. The molecule has 3 atom stereocenters. The van der Waals surface area contributed by atoms with E-state index >= 15 is 0 Å². The minimum atomic E-state index is -3.68. The Labute approximate surface area is 141 Å². The van der Waals surface area contributed by atoms with Gasteiger partial charge in [-0.05, 0) is 49.6 Å². The summed E-state index contributed by atoms with van der Waals surface area (Å²) in [5.74, 6) is 0.00937. The van der Waals surface area contributed by atoms with Gasteiger partial charge < -0.3 is 5.11 Å². The van der Waals surface area contributed by atoms with E-state index in [0.717, 1.165) is 16.5 Å². The number of allylic oxidation sites excluding steroid dienone is 1. The van der Waals surface area contributed by atoms with E-state index in [1.165, 1.54) is 12.1 Å². The van der Waals surface area contributed by atoms with Crippen LogP contribution in [0.3, 0.4) is 0 Å². The minimum Gasteiger partial charge on any atom is -0.387 e. The van der Waals surface area contributed by atoms with Crippen LogP contribution >= 0.6 is 15.9 Å². The molecule has 4 nitrogen and oxygen atoms in total. The lowest BCUT2D eigenvalue weighted by atomic mass is 9.91. The number of nitrogens with one attached hydrogen (secondary N) is 1. The Hall–Kier alpha value is -0.690. The number of sulfonamides is 1. The molecule has 0 heterocycles. The molecule has 22 heavy (non-hydrogen) atoms. The van der Waals surface area contributed by atoms with Crippen LogP contribution in [-0.2, 0) is 10.0 Å². The zero-order valence-corrected chi connectivity index (χ0v) is 15.8. The number of rotatable bonds is 7. The highest BCUT2D eigenvalue weighted by atomic mass is 79.9. The van der Waals surface area contributed by atoms with E-state index in [0.29, 0.717) is 0 Å². The number of hydrogen-bond donors (Lipinski definition) is 2. The molecule has 2 unspecified atom stereocenters. The molecule has 1 aromatic rings. The van der Waals surface area contributed by atoms with Gasteiger partial charge >= 0.3 is 0 Å². The van der Waals surface area contributed by atoms with E-state index in [9.17, 15) is 13.5 Å². The molecule has 0 aliphatic rings. The summed E-state index contributed by atoms with van der Waals surface area (Å²) in [6.45, 7) is 7.54. The second kappa shape index (κ2) is 8.24. The first-order chi connectivity index (χ1) is 10.2. The van der Waals surface area contributed by atoms with Crippen LogP contribution in [0.25, 0.3) is 0 Å². The second-order valence-corrected chi connectivity index (χ2v) is 8.09. The fraction of sp³-hybridized carbons (Fsp3) is 0.500. The van der Waals surface area contributed by atoms with Gasteiger partial charge in [0.1, 0.15) is 0 Å². The first-order valence-electron chi connectivity index (χ1n) is 7.31. The van der Waals surface area contributed by atoms with Crippen LogP contribution in [0.5, 0.6) is 0 Å². The third kappa shape index (κ3) is 4.91. The van der Waals surface area contributed by atoms with E-state index < -0.39 is 22.2 Å². The maximum atomic E-state index is 12.5. The Balaban J connectivity index is 3.10. The van der Waals surface area contributed by atoms with Crippen LogP contribution in [-0.4, -0.2) is 25.7 Å². The molecular formula is C16H24BrNO3S. The first kappa shape index (κ1) is 19.4. The van der Waals surface area contributed by atoms with Crippen molar-refractivity contribution in [1.29, 1.82) is 0 Å². The van der Waals surface area contributed by atoms with E-state index in [1.54, 1.807) is 25.1 Å². The molecule has 0 radical (unpaired) electrons. The number of halogens is 1. The highest BCUT2D eigenvalue weighted by Crippen LogP contribution is 2.21. The van der Waals surface area contributed by atoms with Crippen LogP contribution in [0.4, 0.5) is 0 Å². The minimum absolute atomic E-state index is 0.00937. The molecule has 0 saturated heterocycles. The highest BCUT2D eigenvalue weighted by molar-refractivity contribution is 9.10. The van der Waals surface area contributed by atoms with Gasteiger partial charge in [-0.25, -0.2) is 13.1 Å². The maximum Gasteiger partial charge on any atom is 0.240 e.